The number of rotatable bonds is 3. The minimum absolute atomic E-state index is 0.900. The Hall–Kier alpha value is -1.78. The molecule has 2 nitrogen and oxygen atoms in total. The molecule has 0 aliphatic carbocycles. The Morgan fingerprint density at radius 3 is 0.955 bits per heavy atom. The van der Waals surface area contributed by atoms with Gasteiger partial charge in [0.2, 0.25) is 0 Å². The molecule has 0 aliphatic heterocycles. The van der Waals surface area contributed by atoms with Crippen LogP contribution in [-0.2, 0) is 25.8 Å². The van der Waals surface area contributed by atoms with Gasteiger partial charge in [0.15, 0.2) is 0 Å². The van der Waals surface area contributed by atoms with E-state index < -0.39 is 8.32 Å². The second kappa shape index (κ2) is 8.01. The summed E-state index contributed by atoms with van der Waals surface area (Å²) in [6, 6.07) is 29.3. The minimum atomic E-state index is -3.13. The van der Waals surface area contributed by atoms with E-state index in [1.165, 1.54) is 0 Å². The van der Waals surface area contributed by atoms with Gasteiger partial charge in [0, 0.05) is 0 Å². The number of benzene rings is 3. The largest absolute Gasteiger partial charge is 0.329 e. The van der Waals surface area contributed by atoms with E-state index in [1.54, 1.807) is 0 Å². The van der Waals surface area contributed by atoms with Crippen LogP contribution in [0.4, 0.5) is 0 Å². The molecule has 0 bridgehead atoms. The van der Waals surface area contributed by atoms with Gasteiger partial charge in [-0.1, -0.05) is 91.0 Å². The van der Waals surface area contributed by atoms with Crippen molar-refractivity contribution in [1.29, 1.82) is 0 Å². The van der Waals surface area contributed by atoms with Crippen LogP contribution in [0.25, 0.3) is 0 Å². The van der Waals surface area contributed by atoms with Crippen LogP contribution in [0, 0.1) is 0 Å². The summed E-state index contributed by atoms with van der Waals surface area (Å²) in [6.45, 7) is 0. The number of hydrogen-bond donors (Lipinski definition) is 0. The first-order valence-corrected chi connectivity index (χ1v) is 9.35. The van der Waals surface area contributed by atoms with Crippen molar-refractivity contribution in [2.45, 2.75) is 0 Å². The molecule has 0 unspecified atom stereocenters. The standard InChI is InChI=1S/C18H15OSi.O.V/c19-20(16-10-4-1-5-11-16,17-12-6-2-7-13-17)18-14-8-3-9-15-18;;/h1-15H;;. The molecule has 0 amide bonds. The fourth-order valence-corrected chi connectivity index (χ4v) is 5.50. The van der Waals surface area contributed by atoms with E-state index in [0.29, 0.717) is 0 Å². The van der Waals surface area contributed by atoms with E-state index in [4.69, 9.17) is 3.67 Å². The molecule has 0 heterocycles. The van der Waals surface area contributed by atoms with E-state index in [2.05, 4.69) is 0 Å². The van der Waals surface area contributed by atoms with Crippen LogP contribution >= 0.6 is 0 Å². The normalized spacial score (nSPS) is 10.4. The van der Waals surface area contributed by atoms with Gasteiger partial charge in [-0.3, -0.25) is 4.80 Å². The van der Waals surface area contributed by atoms with Gasteiger partial charge in [-0.2, -0.15) is 0 Å². The van der Waals surface area contributed by atoms with Crippen molar-refractivity contribution in [3.63, 3.8) is 0 Å². The van der Waals surface area contributed by atoms with Gasteiger partial charge in [-0.05, 0) is 15.6 Å². The molecule has 0 fully saturated rings. The van der Waals surface area contributed by atoms with E-state index >= 15 is 0 Å². The van der Waals surface area contributed by atoms with Gasteiger partial charge >= 0.3 is 29.4 Å². The summed E-state index contributed by atoms with van der Waals surface area (Å²) in [6.07, 6.45) is 0. The van der Waals surface area contributed by atoms with Gasteiger partial charge in [0.05, 0.1) is 0 Å². The Balaban J connectivity index is 0.000000847. The molecule has 22 heavy (non-hydrogen) atoms. The molecule has 3 rings (SSSR count). The molecule has 0 aromatic heterocycles. The van der Waals surface area contributed by atoms with Crippen molar-refractivity contribution in [2.75, 3.05) is 0 Å². The third kappa shape index (κ3) is 3.34. The van der Waals surface area contributed by atoms with Gasteiger partial charge in [-0.15, -0.1) is 0 Å². The first kappa shape index (κ1) is 16.6. The predicted octanol–water partition coefficient (Wildman–Crippen LogP) is 1.96. The van der Waals surface area contributed by atoms with E-state index in [0.717, 1.165) is 32.9 Å². The molecule has 4 heteroatoms. The summed E-state index contributed by atoms with van der Waals surface area (Å²) in [5.41, 5.74) is 0. The summed E-state index contributed by atoms with van der Waals surface area (Å²) in [5, 5.41) is 2.70. The zero-order chi connectivity index (χ0) is 15.8. The quantitative estimate of drug-likeness (QED) is 0.530. The minimum Gasteiger partial charge on any atom is -0.279 e. The summed E-state index contributed by atoms with van der Waals surface area (Å²) in [7, 11) is -3.13. The first-order valence-electron chi connectivity index (χ1n) is 6.87. The summed E-state index contributed by atoms with van der Waals surface area (Å²) in [5.74, 6) is 0. The first-order chi connectivity index (χ1) is 10.8. The van der Waals surface area contributed by atoms with Crippen LogP contribution in [0.1, 0.15) is 0 Å². The summed E-state index contributed by atoms with van der Waals surface area (Å²) in [4.78, 5) is 13.8. The topological polar surface area (TPSA) is 37.0 Å². The van der Waals surface area contributed by atoms with E-state index in [1.807, 2.05) is 91.0 Å². The second-order valence-corrected chi connectivity index (χ2v) is 7.87. The van der Waals surface area contributed by atoms with Crippen molar-refractivity contribution in [3.05, 3.63) is 91.0 Å². The smallest absolute Gasteiger partial charge is 0.279 e. The third-order valence-corrected chi connectivity index (χ3v) is 6.98. The molecule has 3 aromatic rings. The van der Waals surface area contributed by atoms with E-state index in [-0.39, 0.29) is 0 Å². The van der Waals surface area contributed by atoms with Gasteiger partial charge in [0.1, 0.15) is 0 Å². The van der Waals surface area contributed by atoms with Gasteiger partial charge < -0.3 is 0 Å². The van der Waals surface area contributed by atoms with Gasteiger partial charge in [0.25, 0.3) is 0 Å². The monoisotopic (exact) mass is 342 g/mol. The van der Waals surface area contributed by atoms with Crippen LogP contribution in [0.15, 0.2) is 91.0 Å². The maximum Gasteiger partial charge on any atom is 0.329 e. The second-order valence-electron chi connectivity index (χ2n) is 4.78. The zero-order valence-corrected chi connectivity index (χ0v) is 14.3. The van der Waals surface area contributed by atoms with E-state index in [9.17, 15) is 4.80 Å². The zero-order valence-electron chi connectivity index (χ0n) is 11.9. The Labute approximate surface area is 140 Å². The maximum absolute atomic E-state index is 13.8. The molecule has 3 aromatic carbocycles. The Morgan fingerprint density at radius 2 is 0.727 bits per heavy atom. The van der Waals surface area contributed by atoms with Crippen molar-refractivity contribution < 1.29 is 25.8 Å². The van der Waals surface area contributed by atoms with Crippen molar-refractivity contribution in [2.24, 2.45) is 0 Å². The molecule has 0 aliphatic rings. The Bertz CT molecular complexity index is 593. The van der Waals surface area contributed by atoms with Crippen LogP contribution in [-0.4, -0.2) is 8.32 Å². The fraction of sp³-hybridized carbons (Fsp3) is 0. The average Bonchev–Trinajstić information content (AvgIpc) is 2.65. The van der Waals surface area contributed by atoms with Crippen molar-refractivity contribution in [1.82, 2.24) is 0 Å². The molecular weight excluding hydrogens is 327 g/mol. The molecule has 0 atom stereocenters. The molecule has 0 spiro atoms. The molecule has 0 saturated heterocycles. The molecule has 108 valence electrons. The predicted molar refractivity (Wildman–Crippen MR) is 85.4 cm³/mol. The molecule has 1 radical (unpaired) electrons. The maximum atomic E-state index is 13.8. The third-order valence-electron chi connectivity index (χ3n) is 3.54. The SMILES string of the molecule is [O]=[V].[O][Si](c1ccccc1)(c1ccccc1)c1ccccc1. The molecule has 0 N–H and O–H groups in total. The van der Waals surface area contributed by atoms with Crippen LogP contribution in [0.2, 0.25) is 0 Å². The van der Waals surface area contributed by atoms with Crippen LogP contribution in [0.5, 0.6) is 0 Å². The molecule has 0 saturated carbocycles. The van der Waals surface area contributed by atoms with Crippen LogP contribution < -0.4 is 15.6 Å². The Kier molecular flexibility index (Phi) is 6.04. The van der Waals surface area contributed by atoms with Crippen molar-refractivity contribution >= 4 is 23.9 Å². The van der Waals surface area contributed by atoms with Crippen LogP contribution in [0.3, 0.4) is 0 Å². The summed E-state index contributed by atoms with van der Waals surface area (Å²) < 4.78 is 8.19. The Morgan fingerprint density at radius 1 is 0.500 bits per heavy atom. The number of hydrogen-bond acceptors (Lipinski definition) is 1. The molecular formula is C18H15O2SiV. The van der Waals surface area contributed by atoms with Crippen molar-refractivity contribution in [3.8, 4) is 0 Å². The fourth-order valence-electron chi connectivity index (χ4n) is 2.52. The van der Waals surface area contributed by atoms with Gasteiger partial charge in [-0.25, -0.2) is 0 Å². The average molecular weight is 342 g/mol. The summed E-state index contributed by atoms with van der Waals surface area (Å²) >= 11 is 1.06.